The first-order valence-corrected chi connectivity index (χ1v) is 6.40. The summed E-state index contributed by atoms with van der Waals surface area (Å²) in [5.74, 6) is 0. The highest BCUT2D eigenvalue weighted by Gasteiger charge is 2.22. The molecule has 4 heteroatoms. The molecule has 3 nitrogen and oxygen atoms in total. The van der Waals surface area contributed by atoms with E-state index in [0.717, 1.165) is 36.8 Å². The van der Waals surface area contributed by atoms with Crippen molar-refractivity contribution in [1.82, 2.24) is 4.90 Å². The molecule has 1 atom stereocenters. The van der Waals surface area contributed by atoms with Crippen molar-refractivity contribution in [3.8, 4) is 0 Å². The minimum atomic E-state index is 0.154. The Labute approximate surface area is 108 Å². The lowest BCUT2D eigenvalue weighted by Gasteiger charge is -2.31. The van der Waals surface area contributed by atoms with Crippen molar-refractivity contribution in [3.63, 3.8) is 0 Å². The molecule has 0 bridgehead atoms. The van der Waals surface area contributed by atoms with Crippen LogP contribution in [0.1, 0.15) is 6.42 Å². The van der Waals surface area contributed by atoms with E-state index in [1.807, 2.05) is 18.2 Å². The first-order valence-electron chi connectivity index (χ1n) is 6.02. The second kappa shape index (κ2) is 5.71. The Morgan fingerprint density at radius 2 is 2.24 bits per heavy atom. The number of halogens is 1. The molecule has 0 saturated carbocycles. The number of hydrogen-bond acceptors (Lipinski definition) is 3. The van der Waals surface area contributed by atoms with Crippen molar-refractivity contribution >= 4 is 17.3 Å². The van der Waals surface area contributed by atoms with E-state index in [0.29, 0.717) is 0 Å². The quantitative estimate of drug-likeness (QED) is 0.873. The van der Waals surface area contributed by atoms with Gasteiger partial charge in [0.1, 0.15) is 0 Å². The maximum atomic E-state index is 9.53. The molecule has 1 aliphatic rings. The summed E-state index contributed by atoms with van der Waals surface area (Å²) in [4.78, 5) is 4.53. The van der Waals surface area contributed by atoms with Gasteiger partial charge in [-0.05, 0) is 38.2 Å². The van der Waals surface area contributed by atoms with Gasteiger partial charge in [-0.3, -0.25) is 0 Å². The molecule has 2 rings (SSSR count). The van der Waals surface area contributed by atoms with Crippen LogP contribution in [0.25, 0.3) is 0 Å². The minimum Gasteiger partial charge on any atom is -0.394 e. The zero-order chi connectivity index (χ0) is 12.3. The Bertz CT molecular complexity index is 372. The molecule has 1 saturated heterocycles. The van der Waals surface area contributed by atoms with Crippen LogP contribution in [-0.4, -0.2) is 49.3 Å². The Hall–Kier alpha value is -0.770. The lowest BCUT2D eigenvalue weighted by atomic mass is 10.2. The van der Waals surface area contributed by atoms with E-state index >= 15 is 0 Å². The number of benzene rings is 1. The molecular weight excluding hydrogens is 236 g/mol. The number of hydrogen-bond donors (Lipinski definition) is 1. The molecule has 0 aliphatic carbocycles. The Kier molecular flexibility index (Phi) is 4.26. The van der Waals surface area contributed by atoms with Gasteiger partial charge in [-0.1, -0.05) is 17.7 Å². The number of aliphatic hydroxyl groups is 1. The van der Waals surface area contributed by atoms with Crippen molar-refractivity contribution in [1.29, 1.82) is 0 Å². The van der Waals surface area contributed by atoms with Gasteiger partial charge in [0.2, 0.25) is 0 Å². The van der Waals surface area contributed by atoms with Gasteiger partial charge in [-0.15, -0.1) is 0 Å². The van der Waals surface area contributed by atoms with Crippen molar-refractivity contribution < 1.29 is 5.11 Å². The second-order valence-electron chi connectivity index (χ2n) is 4.63. The molecule has 17 heavy (non-hydrogen) atoms. The third-order valence-corrected chi connectivity index (χ3v) is 3.49. The Balaban J connectivity index is 2.22. The largest absolute Gasteiger partial charge is 0.394 e. The minimum absolute atomic E-state index is 0.154. The Morgan fingerprint density at radius 1 is 1.41 bits per heavy atom. The summed E-state index contributed by atoms with van der Waals surface area (Å²) < 4.78 is 0. The second-order valence-corrected chi connectivity index (χ2v) is 5.06. The van der Waals surface area contributed by atoms with Gasteiger partial charge in [-0.2, -0.15) is 0 Å². The molecule has 1 aromatic carbocycles. The molecule has 0 amide bonds. The third-order valence-electron chi connectivity index (χ3n) is 3.25. The third kappa shape index (κ3) is 3.12. The van der Waals surface area contributed by atoms with Crippen LogP contribution in [0, 0.1) is 0 Å². The summed E-state index contributed by atoms with van der Waals surface area (Å²) in [7, 11) is 2.10. The predicted octanol–water partition coefficient (Wildman–Crippen LogP) is 1.84. The van der Waals surface area contributed by atoms with E-state index in [-0.39, 0.29) is 12.6 Å². The van der Waals surface area contributed by atoms with Crippen LogP contribution in [0.2, 0.25) is 5.02 Å². The highest BCUT2D eigenvalue weighted by atomic mass is 35.5. The van der Waals surface area contributed by atoms with Crippen LogP contribution in [0.4, 0.5) is 5.69 Å². The van der Waals surface area contributed by atoms with Crippen LogP contribution < -0.4 is 4.90 Å². The van der Waals surface area contributed by atoms with E-state index in [1.165, 1.54) is 0 Å². The number of anilines is 1. The van der Waals surface area contributed by atoms with Gasteiger partial charge in [0.05, 0.1) is 12.6 Å². The summed E-state index contributed by atoms with van der Waals surface area (Å²) in [6.45, 7) is 3.11. The van der Waals surface area contributed by atoms with Crippen LogP contribution in [0.3, 0.4) is 0 Å². The van der Waals surface area contributed by atoms with Gasteiger partial charge in [0.15, 0.2) is 0 Å². The van der Waals surface area contributed by atoms with Crippen LogP contribution in [0.15, 0.2) is 24.3 Å². The van der Waals surface area contributed by atoms with Crippen molar-refractivity contribution in [3.05, 3.63) is 29.3 Å². The Morgan fingerprint density at radius 3 is 2.94 bits per heavy atom. The molecule has 1 unspecified atom stereocenters. The fourth-order valence-corrected chi connectivity index (χ4v) is 2.58. The molecular formula is C13H19ClN2O. The molecule has 0 radical (unpaired) electrons. The van der Waals surface area contributed by atoms with Gasteiger partial charge in [0, 0.05) is 23.8 Å². The molecule has 1 aliphatic heterocycles. The van der Waals surface area contributed by atoms with Gasteiger partial charge in [-0.25, -0.2) is 0 Å². The van der Waals surface area contributed by atoms with Crippen LogP contribution >= 0.6 is 11.6 Å². The van der Waals surface area contributed by atoms with E-state index in [1.54, 1.807) is 0 Å². The molecule has 1 heterocycles. The standard InChI is InChI=1S/C13H19ClN2O/c1-15-6-3-7-16(13(9-15)10-17)12-5-2-4-11(14)8-12/h2,4-5,8,13,17H,3,6-7,9-10H2,1H3. The van der Waals surface area contributed by atoms with Gasteiger partial charge < -0.3 is 14.9 Å². The number of aliphatic hydroxyl groups excluding tert-OH is 1. The highest BCUT2D eigenvalue weighted by molar-refractivity contribution is 6.30. The fourth-order valence-electron chi connectivity index (χ4n) is 2.39. The normalized spacial score (nSPS) is 22.5. The van der Waals surface area contributed by atoms with Crippen molar-refractivity contribution in [2.75, 3.05) is 38.2 Å². The SMILES string of the molecule is CN1CCCN(c2cccc(Cl)c2)C(CO)C1. The summed E-state index contributed by atoms with van der Waals surface area (Å²) in [5, 5.41) is 10.3. The maximum Gasteiger partial charge on any atom is 0.0647 e. The fraction of sp³-hybridized carbons (Fsp3) is 0.538. The summed E-state index contributed by atoms with van der Waals surface area (Å²) >= 11 is 6.02. The van der Waals surface area contributed by atoms with Crippen LogP contribution in [-0.2, 0) is 0 Å². The van der Waals surface area contributed by atoms with Crippen molar-refractivity contribution in [2.45, 2.75) is 12.5 Å². The van der Waals surface area contributed by atoms with E-state index < -0.39 is 0 Å². The first kappa shape index (κ1) is 12.7. The summed E-state index contributed by atoms with van der Waals surface area (Å²) in [6.07, 6.45) is 1.11. The number of nitrogens with zero attached hydrogens (tertiary/aromatic N) is 2. The zero-order valence-electron chi connectivity index (χ0n) is 10.1. The molecule has 1 aromatic rings. The van der Waals surface area contributed by atoms with E-state index in [4.69, 9.17) is 11.6 Å². The average molecular weight is 255 g/mol. The molecule has 1 fully saturated rings. The zero-order valence-corrected chi connectivity index (χ0v) is 10.9. The predicted molar refractivity (Wildman–Crippen MR) is 71.8 cm³/mol. The lowest BCUT2D eigenvalue weighted by Crippen LogP contribution is -2.42. The lowest BCUT2D eigenvalue weighted by molar-refractivity contribution is 0.229. The van der Waals surface area contributed by atoms with E-state index in [2.05, 4.69) is 22.9 Å². The number of rotatable bonds is 2. The topological polar surface area (TPSA) is 26.7 Å². The highest BCUT2D eigenvalue weighted by Crippen LogP contribution is 2.23. The monoisotopic (exact) mass is 254 g/mol. The molecule has 94 valence electrons. The summed E-state index contributed by atoms with van der Waals surface area (Å²) in [6, 6.07) is 8.01. The average Bonchev–Trinajstić information content (AvgIpc) is 2.50. The van der Waals surface area contributed by atoms with Crippen LogP contribution in [0.5, 0.6) is 0 Å². The maximum absolute atomic E-state index is 9.53. The van der Waals surface area contributed by atoms with Gasteiger partial charge in [0.25, 0.3) is 0 Å². The summed E-state index contributed by atoms with van der Waals surface area (Å²) in [5.41, 5.74) is 1.10. The molecule has 0 aromatic heterocycles. The first-order chi connectivity index (χ1) is 8.20. The molecule has 0 spiro atoms. The van der Waals surface area contributed by atoms with Crippen molar-refractivity contribution in [2.24, 2.45) is 0 Å². The van der Waals surface area contributed by atoms with E-state index in [9.17, 15) is 5.11 Å². The number of likely N-dealkylation sites (N-methyl/N-ethyl adjacent to an activating group) is 1. The smallest absolute Gasteiger partial charge is 0.0647 e. The molecule has 1 N–H and O–H groups in total. The van der Waals surface area contributed by atoms with Gasteiger partial charge >= 0.3 is 0 Å².